The molecule has 0 aliphatic heterocycles. The predicted octanol–water partition coefficient (Wildman–Crippen LogP) is 3.02. The summed E-state index contributed by atoms with van der Waals surface area (Å²) in [5, 5.41) is 0. The van der Waals surface area contributed by atoms with E-state index >= 15 is 0 Å². The standard InChI is InChI=1S/C5H.C4H2F6S2.Ni/c1-2-4-5-3-1;5-3(6,7)1(11)2(12)4(8,9)10;/h1H;11-12H;/q-5;;/p-2/b;2-1-;. The van der Waals surface area contributed by atoms with E-state index in [1.54, 1.807) is 6.07 Å². The molecular formula is C9HF6NiS2-7. The molecule has 0 radical (unpaired) electrons. The zero-order valence-corrected chi connectivity index (χ0v) is 10.6. The smallest absolute Gasteiger partial charge is 0.391 e. The summed E-state index contributed by atoms with van der Waals surface area (Å²) in [5.41, 5.74) is 0. The van der Waals surface area contributed by atoms with E-state index < -0.39 is 22.2 Å². The maximum absolute atomic E-state index is 11.5. The van der Waals surface area contributed by atoms with E-state index in [4.69, 9.17) is 0 Å². The third-order valence-corrected chi connectivity index (χ3v) is 2.07. The molecule has 0 unspecified atom stereocenters. The fraction of sp³-hybridized carbons (Fsp3) is 0.222. The van der Waals surface area contributed by atoms with Gasteiger partial charge in [0, 0.05) is 16.5 Å². The van der Waals surface area contributed by atoms with Crippen LogP contribution in [0.2, 0.25) is 0 Å². The van der Waals surface area contributed by atoms with E-state index in [2.05, 4.69) is 49.5 Å². The Morgan fingerprint density at radius 1 is 0.778 bits per heavy atom. The Hall–Kier alpha value is -0.396. The first-order valence-electron chi connectivity index (χ1n) is 3.62. The van der Waals surface area contributed by atoms with Gasteiger partial charge in [0.05, 0.1) is 0 Å². The van der Waals surface area contributed by atoms with Gasteiger partial charge in [-0.05, 0) is 0 Å². The van der Waals surface area contributed by atoms with Crippen LogP contribution in [-0.4, -0.2) is 12.4 Å². The maximum Gasteiger partial charge on any atom is 0.391 e. The summed E-state index contributed by atoms with van der Waals surface area (Å²) >= 11 is 6.95. The molecular weight excluding hydrogens is 345 g/mol. The van der Waals surface area contributed by atoms with Crippen LogP contribution < -0.4 is 0 Å². The zero-order valence-electron chi connectivity index (χ0n) is 7.98. The molecule has 1 aromatic rings. The first-order valence-corrected chi connectivity index (χ1v) is 4.44. The van der Waals surface area contributed by atoms with Crippen molar-refractivity contribution in [2.45, 2.75) is 12.4 Å². The summed E-state index contributed by atoms with van der Waals surface area (Å²) in [5.74, 6) is 0. The van der Waals surface area contributed by atoms with Crippen LogP contribution >= 0.6 is 0 Å². The number of hydrogen-bond acceptors (Lipinski definition) is 2. The first kappa shape index (κ1) is 19.9. The molecule has 0 saturated carbocycles. The Balaban J connectivity index is 0. The molecule has 0 bridgehead atoms. The second-order valence-corrected chi connectivity index (χ2v) is 3.15. The van der Waals surface area contributed by atoms with Crippen molar-refractivity contribution >= 4 is 25.3 Å². The minimum absolute atomic E-state index is 0. The van der Waals surface area contributed by atoms with Crippen molar-refractivity contribution in [3.8, 4) is 0 Å². The first-order chi connectivity index (χ1) is 7.57. The Bertz CT molecular complexity index is 313. The van der Waals surface area contributed by atoms with Crippen molar-refractivity contribution in [1.82, 2.24) is 0 Å². The molecule has 0 nitrogen and oxygen atoms in total. The maximum atomic E-state index is 11.5. The molecule has 9 heteroatoms. The SMILES string of the molecule is FC(F)(F)/C([S-])=C(/[S-])C(F)(F)F.[Ni].[c-]1[c-][c-][cH-][c-]1. The second-order valence-electron chi connectivity index (χ2n) is 2.34. The average Bonchev–Trinajstić information content (AvgIpc) is 2.70. The molecule has 0 N–H and O–H groups in total. The molecule has 0 aromatic heterocycles. The molecule has 18 heavy (non-hydrogen) atoms. The fourth-order valence-corrected chi connectivity index (χ4v) is 0.669. The molecule has 0 amide bonds. The average molecular weight is 346 g/mol. The van der Waals surface area contributed by atoms with E-state index in [0.717, 1.165) is 0 Å². The topological polar surface area (TPSA) is 0 Å². The van der Waals surface area contributed by atoms with Crippen LogP contribution in [0.25, 0.3) is 0 Å². The largest absolute Gasteiger partial charge is 0.999 e. The van der Waals surface area contributed by atoms with E-state index in [-0.39, 0.29) is 16.5 Å². The Kier molecular flexibility index (Phi) is 8.76. The van der Waals surface area contributed by atoms with Gasteiger partial charge in [0.15, 0.2) is 0 Å². The van der Waals surface area contributed by atoms with Crippen molar-refractivity contribution in [1.29, 1.82) is 0 Å². The van der Waals surface area contributed by atoms with Crippen molar-refractivity contribution < 1.29 is 42.8 Å². The molecule has 0 fully saturated rings. The molecule has 0 spiro atoms. The van der Waals surface area contributed by atoms with Gasteiger partial charge in [0.1, 0.15) is 0 Å². The minimum atomic E-state index is -5.19. The third kappa shape index (κ3) is 7.84. The van der Waals surface area contributed by atoms with Gasteiger partial charge in [0.25, 0.3) is 0 Å². The number of rotatable bonds is 0. The van der Waals surface area contributed by atoms with Gasteiger partial charge >= 0.3 is 12.4 Å². The van der Waals surface area contributed by atoms with Gasteiger partial charge in [-0.15, -0.1) is 9.81 Å². The van der Waals surface area contributed by atoms with Gasteiger partial charge in [-0.1, -0.05) is 0 Å². The summed E-state index contributed by atoms with van der Waals surface area (Å²) in [4.78, 5) is -4.41. The van der Waals surface area contributed by atoms with Crippen molar-refractivity contribution in [3.63, 3.8) is 0 Å². The number of halogens is 6. The number of hydrogen-bond donors (Lipinski definition) is 0. The van der Waals surface area contributed by atoms with Crippen molar-refractivity contribution in [2.75, 3.05) is 0 Å². The molecule has 0 saturated heterocycles. The molecule has 1 rings (SSSR count). The normalized spacial score (nSPS) is 12.8. The van der Waals surface area contributed by atoms with E-state index in [0.29, 0.717) is 0 Å². The molecule has 0 aliphatic rings. The summed E-state index contributed by atoms with van der Waals surface area (Å²) in [6.07, 6.45) is -10.4. The Labute approximate surface area is 121 Å². The minimum Gasteiger partial charge on any atom is -0.999 e. The van der Waals surface area contributed by atoms with Crippen molar-refractivity contribution in [3.05, 3.63) is 40.1 Å². The van der Waals surface area contributed by atoms with E-state index in [9.17, 15) is 26.3 Å². The Morgan fingerprint density at radius 3 is 1.17 bits per heavy atom. The van der Waals surface area contributed by atoms with Crippen LogP contribution in [0.1, 0.15) is 0 Å². The number of allylic oxidation sites excluding steroid dienone is 2. The molecule has 0 atom stereocenters. The number of alkyl halides is 6. The summed E-state index contributed by atoms with van der Waals surface area (Å²) < 4.78 is 69.0. The van der Waals surface area contributed by atoms with E-state index in [1.807, 2.05) is 0 Å². The van der Waals surface area contributed by atoms with Crippen LogP contribution in [0.15, 0.2) is 15.9 Å². The quantitative estimate of drug-likeness (QED) is 0.307. The van der Waals surface area contributed by atoms with Gasteiger partial charge < -0.3 is 55.6 Å². The predicted molar refractivity (Wildman–Crippen MR) is 51.2 cm³/mol. The zero-order chi connectivity index (χ0) is 13.7. The Morgan fingerprint density at radius 2 is 1.06 bits per heavy atom. The van der Waals surface area contributed by atoms with E-state index in [1.165, 1.54) is 0 Å². The van der Waals surface area contributed by atoms with Crippen LogP contribution in [0.5, 0.6) is 0 Å². The molecule has 1 aromatic carbocycles. The monoisotopic (exact) mass is 345 g/mol. The molecule has 0 aliphatic carbocycles. The van der Waals surface area contributed by atoms with Crippen LogP contribution in [0, 0.1) is 24.3 Å². The molecule has 0 heterocycles. The second kappa shape index (κ2) is 7.91. The summed E-state index contributed by atoms with van der Waals surface area (Å²) in [7, 11) is 0. The summed E-state index contributed by atoms with van der Waals surface area (Å²) in [6.45, 7) is 0. The van der Waals surface area contributed by atoms with Gasteiger partial charge in [-0.3, -0.25) is 0 Å². The summed E-state index contributed by atoms with van der Waals surface area (Å²) in [6, 6.07) is 12.0. The fourth-order valence-electron chi connectivity index (χ4n) is 0.438. The molecule has 108 valence electrons. The van der Waals surface area contributed by atoms with Crippen LogP contribution in [0.4, 0.5) is 26.3 Å². The van der Waals surface area contributed by atoms with Gasteiger partial charge in [-0.2, -0.15) is 26.3 Å². The third-order valence-electron chi connectivity index (χ3n) is 1.07. The van der Waals surface area contributed by atoms with Crippen LogP contribution in [-0.2, 0) is 41.7 Å². The van der Waals surface area contributed by atoms with Gasteiger partial charge in [0.2, 0.25) is 0 Å². The van der Waals surface area contributed by atoms with Crippen LogP contribution in [0.3, 0.4) is 0 Å². The van der Waals surface area contributed by atoms with Gasteiger partial charge in [-0.25, -0.2) is 0 Å². The van der Waals surface area contributed by atoms with Crippen molar-refractivity contribution in [2.24, 2.45) is 0 Å².